The molecule has 0 radical (unpaired) electrons. The monoisotopic (exact) mass is 275 g/mol. The van der Waals surface area contributed by atoms with Crippen LogP contribution in [0.5, 0.6) is 0 Å². The fourth-order valence-corrected chi connectivity index (χ4v) is 1.78. The molecular weight excluding hydrogens is 262 g/mol. The number of anilines is 1. The molecule has 1 aromatic carbocycles. The summed E-state index contributed by atoms with van der Waals surface area (Å²) in [5.74, 6) is 0.458. The van der Waals surface area contributed by atoms with Crippen LogP contribution in [0.2, 0.25) is 0 Å². The highest BCUT2D eigenvalue weighted by molar-refractivity contribution is 5.79. The van der Waals surface area contributed by atoms with Gasteiger partial charge in [-0.25, -0.2) is 15.4 Å². The summed E-state index contributed by atoms with van der Waals surface area (Å²) in [5.41, 5.74) is 5.79. The molecule has 2 aromatic heterocycles. The molecule has 0 amide bonds. The van der Waals surface area contributed by atoms with Crippen molar-refractivity contribution in [3.63, 3.8) is 0 Å². The maximum absolute atomic E-state index is 4.23. The van der Waals surface area contributed by atoms with Gasteiger partial charge in [0, 0.05) is 30.4 Å². The van der Waals surface area contributed by atoms with E-state index in [1.165, 1.54) is 0 Å². The number of aromatic nitrogens is 3. The molecule has 0 saturated heterocycles. The predicted octanol–water partition coefficient (Wildman–Crippen LogP) is 2.98. The van der Waals surface area contributed by atoms with E-state index in [4.69, 9.17) is 0 Å². The summed E-state index contributed by atoms with van der Waals surface area (Å²) in [4.78, 5) is 12.4. The lowest BCUT2D eigenvalue weighted by Crippen LogP contribution is -1.96. The van der Waals surface area contributed by atoms with Crippen molar-refractivity contribution in [2.24, 2.45) is 5.10 Å². The molecule has 0 saturated carbocycles. The van der Waals surface area contributed by atoms with Crippen LogP contribution in [0.3, 0.4) is 0 Å². The third-order valence-corrected chi connectivity index (χ3v) is 2.84. The van der Waals surface area contributed by atoms with Crippen LogP contribution in [0, 0.1) is 0 Å². The lowest BCUT2D eigenvalue weighted by Gasteiger charge is -2.01. The molecule has 102 valence electrons. The van der Waals surface area contributed by atoms with Crippen molar-refractivity contribution in [1.29, 1.82) is 0 Å². The van der Waals surface area contributed by atoms with Crippen molar-refractivity contribution >= 4 is 12.2 Å². The molecule has 0 fully saturated rings. The summed E-state index contributed by atoms with van der Waals surface area (Å²) in [7, 11) is 0. The smallest absolute Gasteiger partial charge is 0.243 e. The van der Waals surface area contributed by atoms with Gasteiger partial charge in [-0.2, -0.15) is 5.10 Å². The maximum atomic E-state index is 4.23. The first-order chi connectivity index (χ1) is 10.4. The molecule has 2 heterocycles. The Morgan fingerprint density at radius 2 is 1.57 bits per heavy atom. The Hall–Kier alpha value is -3.08. The largest absolute Gasteiger partial charge is 0.265 e. The minimum absolute atomic E-state index is 0.458. The molecular formula is C16H13N5. The second-order valence-corrected chi connectivity index (χ2v) is 4.31. The van der Waals surface area contributed by atoms with E-state index < -0.39 is 0 Å². The molecule has 3 rings (SSSR count). The lowest BCUT2D eigenvalue weighted by molar-refractivity contribution is 1.12. The Kier molecular flexibility index (Phi) is 3.93. The SMILES string of the molecule is C(=N\Nc1ncc(-c2ccncc2)cn1)/c1ccccc1. The second kappa shape index (κ2) is 6.38. The van der Waals surface area contributed by atoms with Crippen LogP contribution >= 0.6 is 0 Å². The van der Waals surface area contributed by atoms with Crippen LogP contribution in [-0.2, 0) is 0 Å². The van der Waals surface area contributed by atoms with E-state index in [1.54, 1.807) is 31.0 Å². The quantitative estimate of drug-likeness (QED) is 0.587. The first-order valence-corrected chi connectivity index (χ1v) is 6.48. The van der Waals surface area contributed by atoms with Gasteiger partial charge in [-0.05, 0) is 23.3 Å². The first-order valence-electron chi connectivity index (χ1n) is 6.48. The van der Waals surface area contributed by atoms with Crippen LogP contribution in [-0.4, -0.2) is 21.2 Å². The van der Waals surface area contributed by atoms with Crippen LogP contribution in [0.1, 0.15) is 5.56 Å². The van der Waals surface area contributed by atoms with Gasteiger partial charge in [-0.3, -0.25) is 4.98 Å². The molecule has 5 heteroatoms. The average molecular weight is 275 g/mol. The number of benzene rings is 1. The number of hydrogen-bond donors (Lipinski definition) is 1. The number of pyridine rings is 1. The summed E-state index contributed by atoms with van der Waals surface area (Å²) >= 11 is 0. The molecule has 0 aliphatic heterocycles. The van der Waals surface area contributed by atoms with Gasteiger partial charge in [-0.1, -0.05) is 30.3 Å². The molecule has 0 atom stereocenters. The van der Waals surface area contributed by atoms with Crippen LogP contribution < -0.4 is 5.43 Å². The Morgan fingerprint density at radius 3 is 2.29 bits per heavy atom. The Balaban J connectivity index is 1.66. The summed E-state index contributed by atoms with van der Waals surface area (Å²) in [6.07, 6.45) is 8.71. The van der Waals surface area contributed by atoms with Crippen LogP contribution in [0.4, 0.5) is 5.95 Å². The van der Waals surface area contributed by atoms with E-state index >= 15 is 0 Å². The van der Waals surface area contributed by atoms with Crippen molar-refractivity contribution in [2.45, 2.75) is 0 Å². The van der Waals surface area contributed by atoms with Gasteiger partial charge in [0.15, 0.2) is 0 Å². The highest BCUT2D eigenvalue weighted by atomic mass is 15.3. The highest BCUT2D eigenvalue weighted by Gasteiger charge is 1.99. The number of hydrazone groups is 1. The van der Waals surface area contributed by atoms with E-state index in [9.17, 15) is 0 Å². The zero-order valence-corrected chi connectivity index (χ0v) is 11.2. The summed E-state index contributed by atoms with van der Waals surface area (Å²) in [6, 6.07) is 13.7. The van der Waals surface area contributed by atoms with E-state index in [1.807, 2.05) is 42.5 Å². The molecule has 21 heavy (non-hydrogen) atoms. The van der Waals surface area contributed by atoms with Crippen molar-refractivity contribution < 1.29 is 0 Å². The fourth-order valence-electron chi connectivity index (χ4n) is 1.78. The highest BCUT2D eigenvalue weighted by Crippen LogP contribution is 2.16. The summed E-state index contributed by atoms with van der Waals surface area (Å²) in [6.45, 7) is 0. The van der Waals surface area contributed by atoms with Crippen LogP contribution in [0.25, 0.3) is 11.1 Å². The van der Waals surface area contributed by atoms with E-state index in [-0.39, 0.29) is 0 Å². The minimum Gasteiger partial charge on any atom is -0.265 e. The van der Waals surface area contributed by atoms with Gasteiger partial charge < -0.3 is 0 Å². The molecule has 0 aliphatic carbocycles. The minimum atomic E-state index is 0.458. The molecule has 5 nitrogen and oxygen atoms in total. The van der Waals surface area contributed by atoms with E-state index in [2.05, 4.69) is 25.5 Å². The summed E-state index contributed by atoms with van der Waals surface area (Å²) < 4.78 is 0. The number of rotatable bonds is 4. The van der Waals surface area contributed by atoms with Gasteiger partial charge in [-0.15, -0.1) is 0 Å². The third kappa shape index (κ3) is 3.48. The zero-order chi connectivity index (χ0) is 14.3. The number of hydrogen-bond acceptors (Lipinski definition) is 5. The molecule has 3 aromatic rings. The molecule has 0 unspecified atom stereocenters. The maximum Gasteiger partial charge on any atom is 0.243 e. The normalized spacial score (nSPS) is 10.7. The fraction of sp³-hybridized carbons (Fsp3) is 0. The van der Waals surface area contributed by atoms with Gasteiger partial charge >= 0.3 is 0 Å². The van der Waals surface area contributed by atoms with E-state index in [0.717, 1.165) is 16.7 Å². The third-order valence-electron chi connectivity index (χ3n) is 2.84. The van der Waals surface area contributed by atoms with E-state index in [0.29, 0.717) is 5.95 Å². The molecule has 0 spiro atoms. The zero-order valence-electron chi connectivity index (χ0n) is 11.2. The van der Waals surface area contributed by atoms with Crippen molar-refractivity contribution in [1.82, 2.24) is 15.0 Å². The van der Waals surface area contributed by atoms with Gasteiger partial charge in [0.25, 0.3) is 0 Å². The standard InChI is InChI=1S/C16H13N5/c1-2-4-13(5-3-1)10-20-21-16-18-11-15(12-19-16)14-6-8-17-9-7-14/h1-12H,(H,18,19,21)/b20-10+. The Bertz CT molecular complexity index is 709. The first kappa shape index (κ1) is 12.9. The van der Waals surface area contributed by atoms with Crippen molar-refractivity contribution in [3.05, 3.63) is 72.8 Å². The van der Waals surface area contributed by atoms with Crippen molar-refractivity contribution in [2.75, 3.05) is 5.43 Å². The second-order valence-electron chi connectivity index (χ2n) is 4.31. The topological polar surface area (TPSA) is 63.1 Å². The Labute approximate surface area is 122 Å². The van der Waals surface area contributed by atoms with Gasteiger partial charge in [0.2, 0.25) is 5.95 Å². The molecule has 0 aliphatic rings. The van der Waals surface area contributed by atoms with Crippen LogP contribution in [0.15, 0.2) is 72.4 Å². The summed E-state index contributed by atoms with van der Waals surface area (Å²) in [5, 5.41) is 4.10. The lowest BCUT2D eigenvalue weighted by atomic mass is 10.1. The number of nitrogens with one attached hydrogen (secondary N) is 1. The van der Waals surface area contributed by atoms with Gasteiger partial charge in [0.1, 0.15) is 0 Å². The van der Waals surface area contributed by atoms with Crippen molar-refractivity contribution in [3.8, 4) is 11.1 Å². The van der Waals surface area contributed by atoms with Gasteiger partial charge in [0.05, 0.1) is 6.21 Å². The average Bonchev–Trinajstić information content (AvgIpc) is 2.57. The molecule has 0 bridgehead atoms. The number of nitrogens with zero attached hydrogens (tertiary/aromatic N) is 4. The Morgan fingerprint density at radius 1 is 0.857 bits per heavy atom. The molecule has 1 N–H and O–H groups in total. The predicted molar refractivity (Wildman–Crippen MR) is 82.9 cm³/mol.